The van der Waals surface area contributed by atoms with Gasteiger partial charge in [-0.15, -0.1) is 22.7 Å². The Balaban J connectivity index is 1.79. The molecule has 0 bridgehead atoms. The van der Waals surface area contributed by atoms with Crippen molar-refractivity contribution in [3.8, 4) is 0 Å². The minimum Gasteiger partial charge on any atom is -0.346 e. The summed E-state index contributed by atoms with van der Waals surface area (Å²) in [7, 11) is 0. The number of nitrogens with zero attached hydrogens (tertiary/aromatic N) is 1. The molecule has 3 aromatic rings. The van der Waals surface area contributed by atoms with Crippen molar-refractivity contribution in [2.24, 2.45) is 0 Å². The molecule has 0 aromatic carbocycles. The summed E-state index contributed by atoms with van der Waals surface area (Å²) in [6.07, 6.45) is 0.528. The number of aryl methyl sites for hydroxylation is 2. The third-order valence-corrected chi connectivity index (χ3v) is 5.82. The molecule has 0 aliphatic carbocycles. The fourth-order valence-corrected chi connectivity index (χ4v) is 4.21. The summed E-state index contributed by atoms with van der Waals surface area (Å²) in [4.78, 5) is 46.1. The van der Waals surface area contributed by atoms with Crippen molar-refractivity contribution in [3.63, 3.8) is 0 Å². The predicted molar refractivity (Wildman–Crippen MR) is 102 cm³/mol. The first-order valence-electron chi connectivity index (χ1n) is 7.98. The largest absolute Gasteiger partial charge is 0.346 e. The van der Waals surface area contributed by atoms with Gasteiger partial charge in [0.2, 0.25) is 5.91 Å². The van der Waals surface area contributed by atoms with E-state index in [1.165, 1.54) is 11.3 Å². The average Bonchev–Trinajstić information content (AvgIpc) is 3.22. The smallest absolute Gasteiger partial charge is 0.325 e. The topological polar surface area (TPSA) is 108 Å². The molecule has 136 valence electrons. The van der Waals surface area contributed by atoms with E-state index in [4.69, 9.17) is 0 Å². The Morgan fingerprint density at radius 2 is 2.08 bits per heavy atom. The Bertz CT molecular complexity index is 1020. The number of carbonyl (C=O) groups is 1. The van der Waals surface area contributed by atoms with Gasteiger partial charge in [-0.1, -0.05) is 6.07 Å². The SMILES string of the molecule is Cc1csc(C(Cc2cccs2)NC(=O)Cc2c(C)[nH]c(=O)[nH]c2=O)n1. The van der Waals surface area contributed by atoms with Crippen LogP contribution in [0, 0.1) is 13.8 Å². The lowest BCUT2D eigenvalue weighted by Crippen LogP contribution is -2.34. The van der Waals surface area contributed by atoms with Crippen LogP contribution in [0.2, 0.25) is 0 Å². The summed E-state index contributed by atoms with van der Waals surface area (Å²) in [5.74, 6) is -0.292. The van der Waals surface area contributed by atoms with Crippen LogP contribution in [0.3, 0.4) is 0 Å². The van der Waals surface area contributed by atoms with Crippen molar-refractivity contribution in [1.82, 2.24) is 20.3 Å². The summed E-state index contributed by atoms with van der Waals surface area (Å²) >= 11 is 3.12. The molecule has 0 aliphatic heterocycles. The van der Waals surface area contributed by atoms with Crippen LogP contribution < -0.4 is 16.6 Å². The molecule has 7 nitrogen and oxygen atoms in total. The van der Waals surface area contributed by atoms with E-state index in [1.807, 2.05) is 29.8 Å². The van der Waals surface area contributed by atoms with Gasteiger partial charge in [0.05, 0.1) is 12.5 Å². The molecule has 0 spiro atoms. The summed E-state index contributed by atoms with van der Waals surface area (Å²) < 4.78 is 0. The number of thiophene rings is 1. The molecule has 9 heteroatoms. The van der Waals surface area contributed by atoms with Crippen molar-refractivity contribution in [1.29, 1.82) is 0 Å². The minimum atomic E-state index is -0.578. The first-order chi connectivity index (χ1) is 12.4. The van der Waals surface area contributed by atoms with E-state index in [2.05, 4.69) is 20.3 Å². The summed E-state index contributed by atoms with van der Waals surface area (Å²) in [5.41, 5.74) is 0.441. The third kappa shape index (κ3) is 4.36. The lowest BCUT2D eigenvalue weighted by Gasteiger charge is -2.16. The Morgan fingerprint density at radius 3 is 2.69 bits per heavy atom. The Labute approximate surface area is 157 Å². The number of carbonyl (C=O) groups excluding carboxylic acids is 1. The van der Waals surface area contributed by atoms with Gasteiger partial charge in [0.25, 0.3) is 5.56 Å². The van der Waals surface area contributed by atoms with Crippen LogP contribution in [0.4, 0.5) is 0 Å². The number of rotatable bonds is 6. The molecule has 3 aromatic heterocycles. The number of hydrogen-bond donors (Lipinski definition) is 3. The van der Waals surface area contributed by atoms with Gasteiger partial charge < -0.3 is 10.3 Å². The number of H-pyrrole nitrogens is 2. The van der Waals surface area contributed by atoms with E-state index in [1.54, 1.807) is 18.3 Å². The fourth-order valence-electron chi connectivity index (χ4n) is 2.61. The number of amides is 1. The van der Waals surface area contributed by atoms with Gasteiger partial charge in [-0.25, -0.2) is 9.78 Å². The second-order valence-electron chi connectivity index (χ2n) is 5.92. The van der Waals surface area contributed by atoms with Crippen LogP contribution in [0.5, 0.6) is 0 Å². The first-order valence-corrected chi connectivity index (χ1v) is 9.74. The Morgan fingerprint density at radius 1 is 1.27 bits per heavy atom. The average molecular weight is 390 g/mol. The summed E-state index contributed by atoms with van der Waals surface area (Å²) in [6, 6.07) is 3.72. The van der Waals surface area contributed by atoms with E-state index in [-0.39, 0.29) is 23.9 Å². The molecule has 1 atom stereocenters. The van der Waals surface area contributed by atoms with Crippen LogP contribution >= 0.6 is 22.7 Å². The van der Waals surface area contributed by atoms with Gasteiger partial charge in [0, 0.05) is 33.6 Å². The molecule has 1 amide bonds. The maximum absolute atomic E-state index is 12.5. The molecule has 0 fully saturated rings. The Hall–Kier alpha value is -2.52. The highest BCUT2D eigenvalue weighted by Crippen LogP contribution is 2.24. The standard InChI is InChI=1S/C17H18N4O3S2/c1-9-8-26-16(18-9)13(6-11-4-3-5-25-11)20-14(22)7-12-10(2)19-17(24)21-15(12)23/h3-5,8,13H,6-7H2,1-2H3,(H,20,22)(H2,19,21,23,24). The molecule has 3 heterocycles. The van der Waals surface area contributed by atoms with Gasteiger partial charge in [-0.2, -0.15) is 0 Å². The highest BCUT2D eigenvalue weighted by Gasteiger charge is 2.20. The highest BCUT2D eigenvalue weighted by atomic mass is 32.1. The van der Waals surface area contributed by atoms with Crippen molar-refractivity contribution >= 4 is 28.6 Å². The van der Waals surface area contributed by atoms with Crippen LogP contribution in [0.1, 0.15) is 32.9 Å². The molecule has 1 unspecified atom stereocenters. The first kappa shape index (κ1) is 18.3. The molecule has 0 aliphatic rings. The Kier molecular flexibility index (Phi) is 5.48. The quantitative estimate of drug-likeness (QED) is 0.597. The lowest BCUT2D eigenvalue weighted by molar-refractivity contribution is -0.121. The molecule has 0 saturated heterocycles. The number of aromatic amines is 2. The number of nitrogens with one attached hydrogen (secondary N) is 3. The predicted octanol–water partition coefficient (Wildman–Crippen LogP) is 1.84. The number of thiazole rings is 1. The molecular formula is C17H18N4O3S2. The van der Waals surface area contributed by atoms with Crippen LogP contribution in [-0.4, -0.2) is 20.9 Å². The van der Waals surface area contributed by atoms with E-state index >= 15 is 0 Å². The number of aromatic nitrogens is 3. The van der Waals surface area contributed by atoms with Crippen molar-refractivity contribution in [2.75, 3.05) is 0 Å². The summed E-state index contributed by atoms with van der Waals surface area (Å²) in [5, 5.41) is 7.74. The fraction of sp³-hybridized carbons (Fsp3) is 0.294. The van der Waals surface area contributed by atoms with Crippen molar-refractivity contribution in [2.45, 2.75) is 32.7 Å². The van der Waals surface area contributed by atoms with Crippen LogP contribution in [0.15, 0.2) is 32.5 Å². The number of hydrogen-bond acceptors (Lipinski definition) is 6. The van der Waals surface area contributed by atoms with E-state index in [0.29, 0.717) is 12.1 Å². The zero-order chi connectivity index (χ0) is 18.7. The second kappa shape index (κ2) is 7.79. The molecule has 0 saturated carbocycles. The normalized spacial score (nSPS) is 12.1. The lowest BCUT2D eigenvalue weighted by atomic mass is 10.1. The highest BCUT2D eigenvalue weighted by molar-refractivity contribution is 7.10. The zero-order valence-electron chi connectivity index (χ0n) is 14.3. The summed E-state index contributed by atoms with van der Waals surface area (Å²) in [6.45, 7) is 3.51. The maximum atomic E-state index is 12.5. The van der Waals surface area contributed by atoms with E-state index < -0.39 is 11.2 Å². The second-order valence-corrected chi connectivity index (χ2v) is 7.84. The monoisotopic (exact) mass is 390 g/mol. The van der Waals surface area contributed by atoms with Gasteiger partial charge in [-0.3, -0.25) is 14.6 Å². The molecular weight excluding hydrogens is 372 g/mol. The molecule has 0 radical (unpaired) electrons. The third-order valence-electron chi connectivity index (χ3n) is 3.85. The van der Waals surface area contributed by atoms with Crippen LogP contribution in [-0.2, 0) is 17.6 Å². The minimum absolute atomic E-state index is 0.108. The van der Waals surface area contributed by atoms with Crippen molar-refractivity contribution < 1.29 is 4.79 Å². The van der Waals surface area contributed by atoms with Crippen molar-refractivity contribution in [3.05, 3.63) is 70.6 Å². The van der Waals surface area contributed by atoms with Gasteiger partial charge in [0.15, 0.2) is 0 Å². The van der Waals surface area contributed by atoms with Gasteiger partial charge >= 0.3 is 5.69 Å². The van der Waals surface area contributed by atoms with E-state index in [9.17, 15) is 14.4 Å². The van der Waals surface area contributed by atoms with Gasteiger partial charge in [0.1, 0.15) is 5.01 Å². The molecule has 26 heavy (non-hydrogen) atoms. The van der Waals surface area contributed by atoms with Gasteiger partial charge in [-0.05, 0) is 25.3 Å². The zero-order valence-corrected chi connectivity index (χ0v) is 15.9. The van der Waals surface area contributed by atoms with E-state index in [0.717, 1.165) is 15.6 Å². The molecule has 3 N–H and O–H groups in total. The maximum Gasteiger partial charge on any atom is 0.325 e. The van der Waals surface area contributed by atoms with Crippen LogP contribution in [0.25, 0.3) is 0 Å². The molecule has 3 rings (SSSR count).